The van der Waals surface area contributed by atoms with Gasteiger partial charge < -0.3 is 14.5 Å². The molecule has 0 aliphatic heterocycles. The van der Waals surface area contributed by atoms with Crippen LogP contribution in [-0.2, 0) is 6.18 Å². The fraction of sp³-hybridized carbons (Fsp3) is 0.200. The van der Waals surface area contributed by atoms with Crippen molar-refractivity contribution in [3.8, 4) is 5.75 Å². The molecule has 0 bridgehead atoms. The van der Waals surface area contributed by atoms with Crippen molar-refractivity contribution in [1.82, 2.24) is 9.97 Å². The van der Waals surface area contributed by atoms with Crippen LogP contribution in [0.3, 0.4) is 0 Å². The molecule has 0 amide bonds. The molecule has 3 aromatic rings. The highest BCUT2D eigenvalue weighted by Crippen LogP contribution is 2.38. The molecule has 1 heterocycles. The molecule has 1 aromatic heterocycles. The first-order valence-corrected chi connectivity index (χ1v) is 8.52. The highest BCUT2D eigenvalue weighted by molar-refractivity contribution is 5.66. The molecule has 0 N–H and O–H groups in total. The van der Waals surface area contributed by atoms with Gasteiger partial charge in [-0.2, -0.15) is 18.2 Å². The van der Waals surface area contributed by atoms with Gasteiger partial charge in [0.15, 0.2) is 5.82 Å². The SMILES string of the molecule is COc1ccc(N(C)c2nc(N(C)c3ccc(F)cc3)ncc2C(F)(F)F)cc1. The Balaban J connectivity index is 2.04. The summed E-state index contributed by atoms with van der Waals surface area (Å²) in [7, 11) is 4.58. The number of halogens is 4. The van der Waals surface area contributed by atoms with Crippen molar-refractivity contribution in [2.75, 3.05) is 31.0 Å². The molecule has 5 nitrogen and oxygen atoms in total. The molecular weight excluding hydrogens is 388 g/mol. The Labute approximate surface area is 165 Å². The highest BCUT2D eigenvalue weighted by Gasteiger charge is 2.37. The molecule has 3 rings (SSSR count). The number of rotatable bonds is 5. The smallest absolute Gasteiger partial charge is 0.421 e. The molecule has 0 atom stereocenters. The van der Waals surface area contributed by atoms with Crippen LogP contribution in [0.2, 0.25) is 0 Å². The lowest BCUT2D eigenvalue weighted by Crippen LogP contribution is -2.21. The van der Waals surface area contributed by atoms with Crippen molar-refractivity contribution < 1.29 is 22.3 Å². The Morgan fingerprint density at radius 2 is 1.41 bits per heavy atom. The van der Waals surface area contributed by atoms with Crippen molar-refractivity contribution in [2.24, 2.45) is 0 Å². The van der Waals surface area contributed by atoms with E-state index in [0.29, 0.717) is 17.1 Å². The largest absolute Gasteiger partial charge is 0.497 e. The van der Waals surface area contributed by atoms with Crippen LogP contribution in [-0.4, -0.2) is 31.2 Å². The van der Waals surface area contributed by atoms with Gasteiger partial charge in [-0.25, -0.2) is 9.37 Å². The van der Waals surface area contributed by atoms with E-state index in [1.54, 1.807) is 31.3 Å². The molecule has 0 saturated carbocycles. The van der Waals surface area contributed by atoms with Gasteiger partial charge in [0.1, 0.15) is 17.1 Å². The van der Waals surface area contributed by atoms with Crippen LogP contribution >= 0.6 is 0 Å². The van der Waals surface area contributed by atoms with Gasteiger partial charge in [0.25, 0.3) is 0 Å². The second-order valence-electron chi connectivity index (χ2n) is 6.20. The van der Waals surface area contributed by atoms with Crippen LogP contribution in [0.1, 0.15) is 5.56 Å². The Morgan fingerprint density at radius 3 is 1.97 bits per heavy atom. The molecule has 0 aliphatic carbocycles. The maximum Gasteiger partial charge on any atom is 0.421 e. The minimum Gasteiger partial charge on any atom is -0.497 e. The van der Waals surface area contributed by atoms with Crippen molar-refractivity contribution in [2.45, 2.75) is 6.18 Å². The van der Waals surface area contributed by atoms with E-state index in [1.165, 1.54) is 48.2 Å². The number of alkyl halides is 3. The third kappa shape index (κ3) is 4.39. The highest BCUT2D eigenvalue weighted by atomic mass is 19.4. The van der Waals surface area contributed by atoms with E-state index in [2.05, 4.69) is 9.97 Å². The van der Waals surface area contributed by atoms with Gasteiger partial charge in [0.2, 0.25) is 5.95 Å². The van der Waals surface area contributed by atoms with Gasteiger partial charge in [-0.05, 0) is 48.5 Å². The molecule has 0 fully saturated rings. The topological polar surface area (TPSA) is 41.5 Å². The first kappa shape index (κ1) is 20.4. The minimum atomic E-state index is -4.64. The number of hydrogen-bond acceptors (Lipinski definition) is 5. The fourth-order valence-corrected chi connectivity index (χ4v) is 2.69. The van der Waals surface area contributed by atoms with E-state index < -0.39 is 17.6 Å². The molecule has 29 heavy (non-hydrogen) atoms. The number of ether oxygens (including phenoxy) is 1. The average Bonchev–Trinajstić information content (AvgIpc) is 2.72. The molecule has 0 unspecified atom stereocenters. The van der Waals surface area contributed by atoms with Gasteiger partial charge in [0.05, 0.1) is 7.11 Å². The maximum atomic E-state index is 13.6. The van der Waals surface area contributed by atoms with Gasteiger partial charge in [-0.3, -0.25) is 0 Å². The molecule has 9 heteroatoms. The average molecular weight is 406 g/mol. The van der Waals surface area contributed by atoms with Crippen LogP contribution in [0.4, 0.5) is 40.7 Å². The summed E-state index contributed by atoms with van der Waals surface area (Å²) in [4.78, 5) is 10.8. The Kier molecular flexibility index (Phi) is 5.58. The summed E-state index contributed by atoms with van der Waals surface area (Å²) in [6, 6.07) is 12.0. The molecule has 0 radical (unpaired) electrons. The van der Waals surface area contributed by atoms with Crippen molar-refractivity contribution in [1.29, 1.82) is 0 Å². The number of methoxy groups -OCH3 is 1. The van der Waals surface area contributed by atoms with E-state index in [1.807, 2.05) is 0 Å². The van der Waals surface area contributed by atoms with Crippen molar-refractivity contribution in [3.63, 3.8) is 0 Å². The van der Waals surface area contributed by atoms with Crippen LogP contribution in [0.5, 0.6) is 5.75 Å². The second-order valence-corrected chi connectivity index (χ2v) is 6.20. The zero-order chi connectivity index (χ0) is 21.2. The van der Waals surface area contributed by atoms with Crippen LogP contribution < -0.4 is 14.5 Å². The zero-order valence-corrected chi connectivity index (χ0v) is 15.9. The quantitative estimate of drug-likeness (QED) is 0.546. The fourth-order valence-electron chi connectivity index (χ4n) is 2.69. The maximum absolute atomic E-state index is 13.6. The third-order valence-corrected chi connectivity index (χ3v) is 4.35. The Bertz CT molecular complexity index is 975. The third-order valence-electron chi connectivity index (χ3n) is 4.35. The predicted molar refractivity (Wildman–Crippen MR) is 103 cm³/mol. The van der Waals surface area contributed by atoms with Gasteiger partial charge >= 0.3 is 6.18 Å². The van der Waals surface area contributed by atoms with E-state index in [9.17, 15) is 17.6 Å². The van der Waals surface area contributed by atoms with Crippen molar-refractivity contribution in [3.05, 3.63) is 66.1 Å². The molecule has 0 saturated heterocycles. The summed E-state index contributed by atoms with van der Waals surface area (Å²) in [5.74, 6) is -0.102. The summed E-state index contributed by atoms with van der Waals surface area (Å²) in [6.07, 6.45) is -3.89. The monoisotopic (exact) mass is 406 g/mol. The first-order valence-electron chi connectivity index (χ1n) is 8.52. The summed E-state index contributed by atoms with van der Waals surface area (Å²) >= 11 is 0. The second kappa shape index (κ2) is 7.94. The Morgan fingerprint density at radius 1 is 0.862 bits per heavy atom. The van der Waals surface area contributed by atoms with Gasteiger partial charge in [-0.15, -0.1) is 0 Å². The van der Waals surface area contributed by atoms with E-state index >= 15 is 0 Å². The summed E-state index contributed by atoms with van der Waals surface area (Å²) in [5, 5.41) is 0. The van der Waals surface area contributed by atoms with E-state index in [4.69, 9.17) is 4.74 Å². The van der Waals surface area contributed by atoms with Gasteiger partial charge in [0, 0.05) is 31.7 Å². The van der Waals surface area contributed by atoms with Crippen LogP contribution in [0.25, 0.3) is 0 Å². The van der Waals surface area contributed by atoms with Crippen LogP contribution in [0, 0.1) is 5.82 Å². The molecule has 0 aliphatic rings. The minimum absolute atomic E-state index is 0.0416. The van der Waals surface area contributed by atoms with Crippen LogP contribution in [0.15, 0.2) is 54.7 Å². The Hall–Kier alpha value is -3.36. The van der Waals surface area contributed by atoms with Gasteiger partial charge in [-0.1, -0.05) is 0 Å². The lowest BCUT2D eigenvalue weighted by atomic mass is 10.2. The molecule has 152 valence electrons. The number of nitrogens with zero attached hydrogens (tertiary/aromatic N) is 4. The summed E-state index contributed by atoms with van der Waals surface area (Å²) < 4.78 is 58.9. The number of anilines is 4. The first-order chi connectivity index (χ1) is 13.7. The summed E-state index contributed by atoms with van der Waals surface area (Å²) in [5.41, 5.74) is 0.0571. The van der Waals surface area contributed by atoms with Crippen molar-refractivity contribution >= 4 is 23.1 Å². The molecular formula is C20H18F4N4O. The molecule has 0 spiro atoms. The van der Waals surface area contributed by atoms with E-state index in [-0.39, 0.29) is 11.8 Å². The molecule has 2 aromatic carbocycles. The predicted octanol–water partition coefficient (Wildman–Crippen LogP) is 5.18. The van der Waals surface area contributed by atoms with E-state index in [0.717, 1.165) is 6.20 Å². The zero-order valence-electron chi connectivity index (χ0n) is 15.9. The number of benzene rings is 2. The standard InChI is InChI=1S/C20H18F4N4O/c1-27(14-8-10-16(29-3)11-9-14)18-17(20(22,23)24)12-25-19(26-18)28(2)15-6-4-13(21)5-7-15/h4-12H,1-3H3. The lowest BCUT2D eigenvalue weighted by molar-refractivity contribution is -0.137. The lowest BCUT2D eigenvalue weighted by Gasteiger charge is -2.25. The number of hydrogen-bond donors (Lipinski definition) is 0. The normalized spacial score (nSPS) is 11.3. The number of aromatic nitrogens is 2. The summed E-state index contributed by atoms with van der Waals surface area (Å²) in [6.45, 7) is 0.